The van der Waals surface area contributed by atoms with Crippen LogP contribution < -0.4 is 0 Å². The Hall–Kier alpha value is -0.710. The first-order valence-corrected chi connectivity index (χ1v) is 13.2. The van der Waals surface area contributed by atoms with Crippen LogP contribution in [0.15, 0.2) is 11.6 Å². The molecule has 3 N–H and O–H groups in total. The fourth-order valence-corrected chi connectivity index (χ4v) is 8.34. The van der Waals surface area contributed by atoms with Crippen molar-refractivity contribution in [2.75, 3.05) is 0 Å². The monoisotopic (exact) mass is 446 g/mol. The van der Waals surface area contributed by atoms with Crippen LogP contribution in [0.3, 0.4) is 0 Å². The van der Waals surface area contributed by atoms with Gasteiger partial charge in [0.2, 0.25) is 0 Å². The van der Waals surface area contributed by atoms with E-state index in [0.717, 1.165) is 30.8 Å². The number of carbonyl (C=O) groups is 1. The van der Waals surface area contributed by atoms with Gasteiger partial charge in [-0.3, -0.25) is 4.79 Å². The average molecular weight is 447 g/mol. The smallest absolute Gasteiger partial charge is 0.188 e. The normalized spacial score (nSPS) is 48.0. The van der Waals surface area contributed by atoms with Gasteiger partial charge in [-0.15, -0.1) is 0 Å². The van der Waals surface area contributed by atoms with Crippen molar-refractivity contribution >= 4 is 5.78 Å². The summed E-state index contributed by atoms with van der Waals surface area (Å²) in [5, 5.41) is 33.9. The highest BCUT2D eigenvalue weighted by Crippen LogP contribution is 2.68. The number of carbonyl (C=O) groups excluding carboxylic acids is 1. The molecule has 0 unspecified atom stereocenters. The minimum atomic E-state index is -1.67. The highest BCUT2D eigenvalue weighted by atomic mass is 16.3. The van der Waals surface area contributed by atoms with Crippen molar-refractivity contribution in [1.82, 2.24) is 0 Å². The molecule has 9 atom stereocenters. The maximum Gasteiger partial charge on any atom is 0.188 e. The van der Waals surface area contributed by atoms with E-state index in [1.165, 1.54) is 12.8 Å². The molecule has 0 saturated heterocycles. The number of hydrogen-bond acceptors (Lipinski definition) is 4. The molecule has 4 rings (SSSR count). The van der Waals surface area contributed by atoms with E-state index in [1.807, 2.05) is 6.92 Å². The van der Waals surface area contributed by atoms with E-state index in [9.17, 15) is 20.1 Å². The van der Waals surface area contributed by atoms with Crippen molar-refractivity contribution in [2.24, 2.45) is 40.4 Å². The highest BCUT2D eigenvalue weighted by molar-refractivity contribution is 6.00. The molecule has 4 heteroatoms. The van der Waals surface area contributed by atoms with Crippen LogP contribution in [0.5, 0.6) is 0 Å². The summed E-state index contributed by atoms with van der Waals surface area (Å²) in [5.74, 6) is 2.59. The first-order valence-electron chi connectivity index (χ1n) is 13.2. The summed E-state index contributed by atoms with van der Waals surface area (Å²) in [6.07, 6.45) is 8.15. The molecule has 0 aromatic rings. The molecule has 0 aromatic carbocycles. The van der Waals surface area contributed by atoms with Crippen molar-refractivity contribution in [3.8, 4) is 0 Å². The first kappa shape index (κ1) is 24.4. The zero-order valence-corrected chi connectivity index (χ0v) is 21.2. The maximum atomic E-state index is 13.3. The molecule has 0 aliphatic heterocycles. The topological polar surface area (TPSA) is 77.8 Å². The lowest BCUT2D eigenvalue weighted by Gasteiger charge is -2.63. The SMILES string of the molecule is CC(C)[C@@H](C)CC[C@@H](C)[C@H]1CC[C@H]2C3=CC(=O)[C@@]4(O)C[C@@H](O)CC[C@]4(C)[C@@]3(O)CC[C@]12C. The summed E-state index contributed by atoms with van der Waals surface area (Å²) in [6.45, 7) is 13.7. The molecule has 4 aliphatic rings. The van der Waals surface area contributed by atoms with Crippen molar-refractivity contribution in [3.05, 3.63) is 11.6 Å². The van der Waals surface area contributed by atoms with Gasteiger partial charge in [-0.2, -0.15) is 0 Å². The Morgan fingerprint density at radius 1 is 0.969 bits per heavy atom. The van der Waals surface area contributed by atoms with Gasteiger partial charge in [0, 0.05) is 11.8 Å². The third-order valence-corrected chi connectivity index (χ3v) is 11.2. The van der Waals surface area contributed by atoms with Crippen LogP contribution >= 0.6 is 0 Å². The van der Waals surface area contributed by atoms with Crippen molar-refractivity contribution < 1.29 is 20.1 Å². The number of rotatable bonds is 5. The molecule has 0 heterocycles. The van der Waals surface area contributed by atoms with Gasteiger partial charge in [-0.1, -0.05) is 54.4 Å². The van der Waals surface area contributed by atoms with Gasteiger partial charge in [0.1, 0.15) is 5.60 Å². The third-order valence-electron chi connectivity index (χ3n) is 11.2. The number of aliphatic hydroxyl groups is 3. The fraction of sp³-hybridized carbons (Fsp3) is 0.893. The quantitative estimate of drug-likeness (QED) is 0.553. The molecular weight excluding hydrogens is 400 g/mol. The van der Waals surface area contributed by atoms with Crippen LogP contribution in [-0.2, 0) is 4.79 Å². The van der Waals surface area contributed by atoms with Crippen LogP contribution in [0.2, 0.25) is 0 Å². The molecule has 0 amide bonds. The van der Waals surface area contributed by atoms with Crippen LogP contribution in [0, 0.1) is 40.4 Å². The largest absolute Gasteiger partial charge is 0.393 e. The lowest BCUT2D eigenvalue weighted by atomic mass is 9.43. The molecule has 4 aliphatic carbocycles. The van der Waals surface area contributed by atoms with Crippen LogP contribution in [0.1, 0.15) is 99.3 Å². The lowest BCUT2D eigenvalue weighted by Crippen LogP contribution is -2.71. The maximum absolute atomic E-state index is 13.3. The van der Waals surface area contributed by atoms with E-state index < -0.39 is 22.7 Å². The Kier molecular flexibility index (Phi) is 6.04. The van der Waals surface area contributed by atoms with Gasteiger partial charge in [-0.25, -0.2) is 0 Å². The van der Waals surface area contributed by atoms with E-state index in [-0.39, 0.29) is 23.5 Å². The molecule has 0 radical (unpaired) electrons. The van der Waals surface area contributed by atoms with Crippen LogP contribution in [0.4, 0.5) is 0 Å². The van der Waals surface area contributed by atoms with Gasteiger partial charge in [-0.05, 0) is 85.2 Å². The zero-order chi connectivity index (χ0) is 23.7. The number of fused-ring (bicyclic) bond motifs is 5. The van der Waals surface area contributed by atoms with Gasteiger partial charge < -0.3 is 15.3 Å². The summed E-state index contributed by atoms with van der Waals surface area (Å²) >= 11 is 0. The highest BCUT2D eigenvalue weighted by Gasteiger charge is 2.71. The minimum absolute atomic E-state index is 0.0318. The summed E-state index contributed by atoms with van der Waals surface area (Å²) in [7, 11) is 0. The predicted molar refractivity (Wildman–Crippen MR) is 127 cm³/mol. The van der Waals surface area contributed by atoms with E-state index in [1.54, 1.807) is 6.08 Å². The van der Waals surface area contributed by atoms with Crippen LogP contribution in [0.25, 0.3) is 0 Å². The fourth-order valence-electron chi connectivity index (χ4n) is 8.34. The first-order chi connectivity index (χ1) is 14.8. The molecule has 4 nitrogen and oxygen atoms in total. The van der Waals surface area contributed by atoms with E-state index in [2.05, 4.69) is 34.6 Å². The van der Waals surface area contributed by atoms with Crippen molar-refractivity contribution in [2.45, 2.75) is 117 Å². The molecule has 182 valence electrons. The molecule has 0 spiro atoms. The zero-order valence-electron chi connectivity index (χ0n) is 21.2. The third kappa shape index (κ3) is 3.22. The Balaban J connectivity index is 1.63. The van der Waals surface area contributed by atoms with Gasteiger partial charge in [0.15, 0.2) is 5.78 Å². The van der Waals surface area contributed by atoms with Gasteiger partial charge in [0.05, 0.1) is 11.7 Å². The summed E-state index contributed by atoms with van der Waals surface area (Å²) in [6, 6.07) is 0. The average Bonchev–Trinajstić information content (AvgIpc) is 3.07. The molecular formula is C28H46O4. The molecule has 32 heavy (non-hydrogen) atoms. The molecule has 3 saturated carbocycles. The number of aliphatic hydroxyl groups excluding tert-OH is 1. The van der Waals surface area contributed by atoms with E-state index in [0.29, 0.717) is 37.0 Å². The summed E-state index contributed by atoms with van der Waals surface area (Å²) in [5.41, 5.74) is -2.78. The Labute approximate surface area is 194 Å². The van der Waals surface area contributed by atoms with Gasteiger partial charge >= 0.3 is 0 Å². The molecule has 0 aromatic heterocycles. The number of hydrogen-bond donors (Lipinski definition) is 3. The van der Waals surface area contributed by atoms with Crippen LogP contribution in [-0.4, -0.2) is 38.4 Å². The number of ketones is 1. The predicted octanol–water partition coefficient (Wildman–Crippen LogP) is 5.04. The summed E-state index contributed by atoms with van der Waals surface area (Å²) < 4.78 is 0. The Bertz CT molecular complexity index is 788. The molecule has 3 fully saturated rings. The van der Waals surface area contributed by atoms with Gasteiger partial charge in [0.25, 0.3) is 0 Å². The second kappa shape index (κ2) is 7.92. The molecule has 0 bridgehead atoms. The Morgan fingerprint density at radius 2 is 1.66 bits per heavy atom. The summed E-state index contributed by atoms with van der Waals surface area (Å²) in [4.78, 5) is 13.3. The van der Waals surface area contributed by atoms with E-state index >= 15 is 0 Å². The minimum Gasteiger partial charge on any atom is -0.393 e. The second-order valence-electron chi connectivity index (χ2n) is 12.9. The second-order valence-corrected chi connectivity index (χ2v) is 12.9. The van der Waals surface area contributed by atoms with Crippen molar-refractivity contribution in [3.63, 3.8) is 0 Å². The Morgan fingerprint density at radius 3 is 2.31 bits per heavy atom. The van der Waals surface area contributed by atoms with E-state index in [4.69, 9.17) is 0 Å². The van der Waals surface area contributed by atoms with Crippen molar-refractivity contribution in [1.29, 1.82) is 0 Å². The standard InChI is InChI=1S/C28H46O4/c1-17(2)18(3)7-8-19(4)21-9-10-22-23-15-24(30)28(32)16-20(29)11-12-26(28,6)27(23,31)14-13-25(21,22)5/h15,17-22,29,31-32H,7-14,16H2,1-6H3/t18-,19+,20-,21+,22-,25+,26+,27+,28-/m0/s1. The lowest BCUT2D eigenvalue weighted by molar-refractivity contribution is -0.223.